The lowest BCUT2D eigenvalue weighted by atomic mass is 9.80. The smallest absolute Gasteiger partial charge is 0.338 e. The van der Waals surface area contributed by atoms with E-state index < -0.39 is 0 Å². The maximum Gasteiger partial charge on any atom is 0.338 e. The summed E-state index contributed by atoms with van der Waals surface area (Å²) in [6.45, 7) is 6.79. The van der Waals surface area contributed by atoms with Crippen LogP contribution in [0.2, 0.25) is 0 Å². The fourth-order valence-electron chi connectivity index (χ4n) is 4.02. The molecular formula is C29H40O4. The van der Waals surface area contributed by atoms with E-state index in [1.54, 1.807) is 24.3 Å². The van der Waals surface area contributed by atoms with E-state index in [1.165, 1.54) is 25.7 Å². The van der Waals surface area contributed by atoms with Crippen molar-refractivity contribution in [2.24, 2.45) is 5.41 Å². The van der Waals surface area contributed by atoms with Gasteiger partial charge in [0.25, 0.3) is 0 Å². The minimum atomic E-state index is -0.279. The molecule has 2 rings (SSSR count). The minimum Gasteiger partial charge on any atom is -0.462 e. The lowest BCUT2D eigenvalue weighted by Gasteiger charge is -2.30. The second-order valence-electron chi connectivity index (χ2n) is 9.39. The van der Waals surface area contributed by atoms with Gasteiger partial charge in [-0.1, -0.05) is 82.3 Å². The molecule has 0 radical (unpaired) electrons. The Balaban J connectivity index is 1.85. The number of unbranched alkanes of at least 4 members (excludes halogenated alkanes) is 4. The van der Waals surface area contributed by atoms with Crippen molar-refractivity contribution < 1.29 is 19.1 Å². The van der Waals surface area contributed by atoms with Crippen LogP contribution in [0.1, 0.15) is 99.3 Å². The van der Waals surface area contributed by atoms with Crippen LogP contribution in [0.5, 0.6) is 0 Å². The standard InChI is InChI=1S/C29H40O4/c1-4-5-6-7-14-21-29(3,23-32-27(30)25-17-10-8-11-18-25)22-15-16-24(2)33-28(31)26-19-12-9-13-20-26/h8-13,17-20,24H,4-7,14-16,21-23H2,1-3H3. The first kappa shape index (κ1) is 26.6. The minimum absolute atomic E-state index is 0.0835. The first-order valence-electron chi connectivity index (χ1n) is 12.4. The van der Waals surface area contributed by atoms with Crippen LogP contribution in [0.4, 0.5) is 0 Å². The van der Waals surface area contributed by atoms with Gasteiger partial charge in [-0.25, -0.2) is 9.59 Å². The fraction of sp³-hybridized carbons (Fsp3) is 0.517. The van der Waals surface area contributed by atoms with E-state index in [2.05, 4.69) is 13.8 Å². The van der Waals surface area contributed by atoms with Crippen LogP contribution >= 0.6 is 0 Å². The first-order chi connectivity index (χ1) is 15.9. The van der Waals surface area contributed by atoms with Crippen LogP contribution < -0.4 is 0 Å². The van der Waals surface area contributed by atoms with E-state index in [0.29, 0.717) is 17.7 Å². The van der Waals surface area contributed by atoms with Crippen LogP contribution in [0, 0.1) is 5.41 Å². The van der Waals surface area contributed by atoms with Crippen molar-refractivity contribution in [1.82, 2.24) is 0 Å². The largest absolute Gasteiger partial charge is 0.462 e. The van der Waals surface area contributed by atoms with Gasteiger partial charge in [-0.15, -0.1) is 0 Å². The monoisotopic (exact) mass is 452 g/mol. The molecule has 0 heterocycles. The molecule has 0 aromatic heterocycles. The summed E-state index contributed by atoms with van der Waals surface area (Å²) >= 11 is 0. The number of benzene rings is 2. The van der Waals surface area contributed by atoms with Gasteiger partial charge in [-0.2, -0.15) is 0 Å². The van der Waals surface area contributed by atoms with Gasteiger partial charge in [0, 0.05) is 5.41 Å². The lowest BCUT2D eigenvalue weighted by Crippen LogP contribution is -2.26. The molecule has 4 heteroatoms. The van der Waals surface area contributed by atoms with Crippen LogP contribution in [0.25, 0.3) is 0 Å². The van der Waals surface area contributed by atoms with E-state index in [0.717, 1.165) is 32.1 Å². The van der Waals surface area contributed by atoms with E-state index in [4.69, 9.17) is 9.47 Å². The highest BCUT2D eigenvalue weighted by Gasteiger charge is 2.26. The molecule has 0 amide bonds. The van der Waals surface area contributed by atoms with Crippen molar-refractivity contribution in [1.29, 1.82) is 0 Å². The van der Waals surface area contributed by atoms with E-state index in [9.17, 15) is 9.59 Å². The van der Waals surface area contributed by atoms with E-state index in [-0.39, 0.29) is 23.5 Å². The number of rotatable bonds is 15. The first-order valence-corrected chi connectivity index (χ1v) is 12.4. The molecular weight excluding hydrogens is 412 g/mol. The predicted octanol–water partition coefficient (Wildman–Crippen LogP) is 7.63. The maximum absolute atomic E-state index is 12.5. The molecule has 0 N–H and O–H groups in total. The van der Waals surface area contributed by atoms with Crippen LogP contribution in [0.3, 0.4) is 0 Å². The molecule has 2 aromatic rings. The zero-order valence-electron chi connectivity index (χ0n) is 20.6. The second kappa shape index (κ2) is 14.5. The molecule has 0 aliphatic heterocycles. The molecule has 33 heavy (non-hydrogen) atoms. The highest BCUT2D eigenvalue weighted by Crippen LogP contribution is 2.32. The molecule has 0 saturated carbocycles. The molecule has 2 unspecified atom stereocenters. The number of hydrogen-bond donors (Lipinski definition) is 0. The third-order valence-corrected chi connectivity index (χ3v) is 6.15. The lowest BCUT2D eigenvalue weighted by molar-refractivity contribution is 0.0215. The van der Waals surface area contributed by atoms with E-state index in [1.807, 2.05) is 43.3 Å². The quantitative estimate of drug-likeness (QED) is 0.206. The third-order valence-electron chi connectivity index (χ3n) is 6.15. The molecule has 0 bridgehead atoms. The predicted molar refractivity (Wildman–Crippen MR) is 133 cm³/mol. The molecule has 0 spiro atoms. The van der Waals surface area contributed by atoms with Gasteiger partial charge < -0.3 is 9.47 Å². The summed E-state index contributed by atoms with van der Waals surface area (Å²) in [6.07, 6.45) is 9.59. The van der Waals surface area contributed by atoms with Gasteiger partial charge >= 0.3 is 11.9 Å². The second-order valence-corrected chi connectivity index (χ2v) is 9.39. The highest BCUT2D eigenvalue weighted by molar-refractivity contribution is 5.89. The molecule has 180 valence electrons. The summed E-state index contributed by atoms with van der Waals surface area (Å²) in [5.41, 5.74) is 1.08. The summed E-state index contributed by atoms with van der Waals surface area (Å²) in [5.74, 6) is -0.545. The molecule has 2 atom stereocenters. The number of hydrogen-bond acceptors (Lipinski definition) is 4. The summed E-state index contributed by atoms with van der Waals surface area (Å²) in [6, 6.07) is 18.3. The van der Waals surface area contributed by atoms with Crippen molar-refractivity contribution in [3.63, 3.8) is 0 Å². The number of carbonyl (C=O) groups excluding carboxylic acids is 2. The van der Waals surface area contributed by atoms with Crippen molar-refractivity contribution in [2.75, 3.05) is 6.61 Å². The maximum atomic E-state index is 12.5. The Morgan fingerprint density at radius 2 is 1.33 bits per heavy atom. The Hall–Kier alpha value is -2.62. The van der Waals surface area contributed by atoms with Gasteiger partial charge in [0.15, 0.2) is 0 Å². The molecule has 2 aromatic carbocycles. The summed E-state index contributed by atoms with van der Waals surface area (Å²) in [5, 5.41) is 0. The number of ether oxygens (including phenoxy) is 2. The summed E-state index contributed by atoms with van der Waals surface area (Å²) in [4.78, 5) is 24.7. The Labute approximate surface area is 199 Å². The third kappa shape index (κ3) is 10.2. The van der Waals surface area contributed by atoms with Gasteiger partial charge in [-0.3, -0.25) is 0 Å². The van der Waals surface area contributed by atoms with Crippen molar-refractivity contribution in [3.8, 4) is 0 Å². The molecule has 0 saturated heterocycles. The topological polar surface area (TPSA) is 52.6 Å². The summed E-state index contributed by atoms with van der Waals surface area (Å²) in [7, 11) is 0. The SMILES string of the molecule is CCCCCCCC(C)(CCCC(C)OC(=O)c1ccccc1)COC(=O)c1ccccc1. The van der Waals surface area contributed by atoms with Crippen LogP contribution in [0.15, 0.2) is 60.7 Å². The van der Waals surface area contributed by atoms with Crippen molar-refractivity contribution in [2.45, 2.75) is 84.7 Å². The molecule has 4 nitrogen and oxygen atoms in total. The average Bonchev–Trinajstić information content (AvgIpc) is 2.83. The van der Waals surface area contributed by atoms with Gasteiger partial charge in [-0.05, 0) is 56.9 Å². The Morgan fingerprint density at radius 1 is 0.788 bits per heavy atom. The number of esters is 2. The Bertz CT molecular complexity index is 818. The summed E-state index contributed by atoms with van der Waals surface area (Å²) < 4.78 is 11.3. The fourth-order valence-corrected chi connectivity index (χ4v) is 4.02. The van der Waals surface area contributed by atoms with Crippen LogP contribution in [-0.4, -0.2) is 24.6 Å². The highest BCUT2D eigenvalue weighted by atomic mass is 16.5. The molecule has 0 aliphatic rings. The zero-order valence-corrected chi connectivity index (χ0v) is 20.6. The van der Waals surface area contributed by atoms with Gasteiger partial charge in [0.05, 0.1) is 23.8 Å². The van der Waals surface area contributed by atoms with E-state index >= 15 is 0 Å². The zero-order chi connectivity index (χ0) is 23.9. The van der Waals surface area contributed by atoms with Gasteiger partial charge in [0.2, 0.25) is 0 Å². The number of carbonyl (C=O) groups is 2. The van der Waals surface area contributed by atoms with Crippen molar-refractivity contribution in [3.05, 3.63) is 71.8 Å². The van der Waals surface area contributed by atoms with Crippen molar-refractivity contribution >= 4 is 11.9 Å². The Kier molecular flexibility index (Phi) is 11.7. The van der Waals surface area contributed by atoms with Gasteiger partial charge in [0.1, 0.15) is 0 Å². The molecule has 0 fully saturated rings. The normalized spacial score (nSPS) is 13.7. The average molecular weight is 453 g/mol. The molecule has 0 aliphatic carbocycles. The van der Waals surface area contributed by atoms with Crippen LogP contribution in [-0.2, 0) is 9.47 Å². The Morgan fingerprint density at radius 3 is 1.94 bits per heavy atom.